The van der Waals surface area contributed by atoms with Gasteiger partial charge in [0.2, 0.25) is 0 Å². The molecule has 0 radical (unpaired) electrons. The molecule has 0 aromatic carbocycles. The third-order valence-electron chi connectivity index (χ3n) is 0.951. The molecule has 0 amide bonds. The summed E-state index contributed by atoms with van der Waals surface area (Å²) >= 11 is -1.35. The van der Waals surface area contributed by atoms with E-state index in [0.29, 0.717) is 0 Å². The van der Waals surface area contributed by atoms with Gasteiger partial charge in [0, 0.05) is 0 Å². The average Bonchev–Trinajstić information content (AvgIpc) is 1.86. The quantitative estimate of drug-likeness (QED) is 0.530. The molecule has 56 valence electrons. The van der Waals surface area contributed by atoms with Crippen LogP contribution in [0.15, 0.2) is 0 Å². The Kier molecular flexibility index (Phi) is 4.07. The summed E-state index contributed by atoms with van der Waals surface area (Å²) in [5, 5.41) is 0. The summed E-state index contributed by atoms with van der Waals surface area (Å²) in [4.78, 5) is 0. The first-order valence-corrected chi connectivity index (χ1v) is 10.2. The van der Waals surface area contributed by atoms with E-state index in [9.17, 15) is 4.57 Å². The van der Waals surface area contributed by atoms with Crippen molar-refractivity contribution in [3.05, 3.63) is 0 Å². The second-order valence-electron chi connectivity index (χ2n) is 1.68. The molecular formula is C4H12AsO3P. The zero-order valence-electron chi connectivity index (χ0n) is 6.12. The van der Waals surface area contributed by atoms with Crippen LogP contribution in [0, 0.1) is 0 Å². The van der Waals surface area contributed by atoms with Gasteiger partial charge in [-0.2, -0.15) is 0 Å². The van der Waals surface area contributed by atoms with Crippen LogP contribution in [0.2, 0.25) is 11.4 Å². The van der Waals surface area contributed by atoms with Gasteiger partial charge in [-0.1, -0.05) is 0 Å². The zero-order chi connectivity index (χ0) is 7.49. The molecular weight excluding hydrogens is 202 g/mol. The van der Waals surface area contributed by atoms with Crippen molar-refractivity contribution in [1.29, 1.82) is 0 Å². The summed E-state index contributed by atoms with van der Waals surface area (Å²) in [6.07, 6.45) is -2.61. The third kappa shape index (κ3) is 2.43. The predicted molar refractivity (Wildman–Crippen MR) is 39.1 cm³/mol. The van der Waals surface area contributed by atoms with Gasteiger partial charge in [-0.05, 0) is 0 Å². The van der Waals surface area contributed by atoms with Crippen LogP contribution in [0.1, 0.15) is 0 Å². The normalized spacial score (nSPS) is 12.6. The van der Waals surface area contributed by atoms with Gasteiger partial charge >= 0.3 is 59.6 Å². The van der Waals surface area contributed by atoms with Crippen LogP contribution in [0.3, 0.4) is 0 Å². The Labute approximate surface area is 60.1 Å². The molecule has 0 aromatic heterocycles. The van der Waals surface area contributed by atoms with Crippen LogP contribution in [-0.4, -0.2) is 28.4 Å². The fraction of sp³-hybridized carbons (Fsp3) is 1.00. The van der Waals surface area contributed by atoms with Gasteiger partial charge in [-0.15, -0.1) is 0 Å². The van der Waals surface area contributed by atoms with E-state index in [2.05, 4.69) is 0 Å². The van der Waals surface area contributed by atoms with Crippen molar-refractivity contribution in [2.75, 3.05) is 14.2 Å². The Morgan fingerprint density at radius 1 is 1.22 bits per heavy atom. The van der Waals surface area contributed by atoms with Gasteiger partial charge in [0.1, 0.15) is 0 Å². The summed E-state index contributed by atoms with van der Waals surface area (Å²) in [5.74, 6) is 0. The minimum atomic E-state index is -2.61. The summed E-state index contributed by atoms with van der Waals surface area (Å²) in [7, 11) is 2.86. The van der Waals surface area contributed by atoms with Crippen LogP contribution >= 0.6 is 6.16 Å². The number of rotatable bonds is 3. The van der Waals surface area contributed by atoms with Crippen molar-refractivity contribution in [2.24, 2.45) is 0 Å². The van der Waals surface area contributed by atoms with Gasteiger partial charge in [0.25, 0.3) is 0 Å². The van der Waals surface area contributed by atoms with Crippen molar-refractivity contribution in [3.63, 3.8) is 0 Å². The molecule has 0 N–H and O–H groups in total. The van der Waals surface area contributed by atoms with E-state index in [1.54, 1.807) is 0 Å². The molecule has 0 atom stereocenters. The van der Waals surface area contributed by atoms with E-state index in [1.165, 1.54) is 14.2 Å². The van der Waals surface area contributed by atoms with Gasteiger partial charge in [-0.3, -0.25) is 0 Å². The topological polar surface area (TPSA) is 35.5 Å². The molecule has 0 aliphatic carbocycles. The molecule has 0 saturated carbocycles. The SMILES string of the molecule is COP(=O)(OC)[As](C)C. The van der Waals surface area contributed by atoms with Crippen molar-refractivity contribution in [1.82, 2.24) is 0 Å². The molecule has 0 unspecified atom stereocenters. The number of hydrogen-bond acceptors (Lipinski definition) is 3. The molecule has 0 aromatic rings. The first kappa shape index (κ1) is 9.71. The molecule has 0 rings (SSSR count). The third-order valence-corrected chi connectivity index (χ3v) is 11.1. The van der Waals surface area contributed by atoms with E-state index in [-0.39, 0.29) is 0 Å². The fourth-order valence-corrected chi connectivity index (χ4v) is 5.31. The molecule has 0 saturated heterocycles. The van der Waals surface area contributed by atoms with Crippen LogP contribution in [-0.2, 0) is 13.6 Å². The molecule has 0 fully saturated rings. The Hall–Kier alpha value is 0.708. The maximum absolute atomic E-state index is 11.3. The van der Waals surface area contributed by atoms with Crippen LogP contribution in [0.25, 0.3) is 0 Å². The summed E-state index contributed by atoms with van der Waals surface area (Å²) < 4.78 is 20.8. The van der Waals surface area contributed by atoms with E-state index >= 15 is 0 Å². The molecule has 0 spiro atoms. The van der Waals surface area contributed by atoms with Gasteiger partial charge in [0.05, 0.1) is 0 Å². The van der Waals surface area contributed by atoms with Crippen molar-refractivity contribution in [3.8, 4) is 0 Å². The van der Waals surface area contributed by atoms with Crippen LogP contribution < -0.4 is 0 Å². The van der Waals surface area contributed by atoms with E-state index in [0.717, 1.165) is 0 Å². The summed E-state index contributed by atoms with van der Waals surface area (Å²) in [5.41, 5.74) is 3.89. The second-order valence-corrected chi connectivity index (χ2v) is 14.1. The zero-order valence-corrected chi connectivity index (χ0v) is 8.89. The Morgan fingerprint density at radius 3 is 1.56 bits per heavy atom. The van der Waals surface area contributed by atoms with Crippen molar-refractivity contribution < 1.29 is 13.6 Å². The van der Waals surface area contributed by atoms with Gasteiger partial charge < -0.3 is 0 Å². The molecule has 0 aliphatic heterocycles. The molecule has 9 heavy (non-hydrogen) atoms. The van der Waals surface area contributed by atoms with Crippen molar-refractivity contribution >= 4 is 20.3 Å². The first-order chi connectivity index (χ1) is 4.06. The van der Waals surface area contributed by atoms with Gasteiger partial charge in [0.15, 0.2) is 0 Å². The van der Waals surface area contributed by atoms with Crippen LogP contribution in [0.4, 0.5) is 0 Å². The summed E-state index contributed by atoms with van der Waals surface area (Å²) in [6, 6.07) is 0. The Balaban J connectivity index is 4.11. The summed E-state index contributed by atoms with van der Waals surface area (Å²) in [6.45, 7) is 0. The molecule has 0 heterocycles. The second kappa shape index (κ2) is 3.77. The Morgan fingerprint density at radius 2 is 1.56 bits per heavy atom. The number of hydrogen-bond donors (Lipinski definition) is 0. The van der Waals surface area contributed by atoms with E-state index < -0.39 is 20.3 Å². The van der Waals surface area contributed by atoms with Gasteiger partial charge in [-0.25, -0.2) is 0 Å². The first-order valence-electron chi connectivity index (χ1n) is 2.46. The average molecular weight is 214 g/mol. The maximum atomic E-state index is 11.3. The van der Waals surface area contributed by atoms with E-state index in [1.807, 2.05) is 11.4 Å². The predicted octanol–water partition coefficient (Wildman–Crippen LogP) is 1.72. The standard InChI is InChI=1S/C4H12AsO3P/c1-5(2)9(6,7-3)8-4/h1-4H3. The fourth-order valence-electron chi connectivity index (χ4n) is 0.401. The minimum absolute atomic E-state index is 1.35. The van der Waals surface area contributed by atoms with E-state index in [4.69, 9.17) is 9.05 Å². The molecule has 3 nitrogen and oxygen atoms in total. The molecule has 0 aliphatic rings. The molecule has 5 heteroatoms. The monoisotopic (exact) mass is 214 g/mol. The van der Waals surface area contributed by atoms with Crippen molar-refractivity contribution in [2.45, 2.75) is 11.4 Å². The van der Waals surface area contributed by atoms with Crippen LogP contribution in [0.5, 0.6) is 0 Å². The Bertz CT molecular complexity index is 117. The molecule has 0 bridgehead atoms.